The molecule has 7 heteroatoms. The van der Waals surface area contributed by atoms with Crippen molar-refractivity contribution in [2.75, 3.05) is 0 Å². The highest BCUT2D eigenvalue weighted by molar-refractivity contribution is 7.86. The topological polar surface area (TPSA) is 72.5 Å². The molecule has 0 aromatic heterocycles. The summed E-state index contributed by atoms with van der Waals surface area (Å²) in [7, 11) is -5.01. The predicted molar refractivity (Wildman–Crippen MR) is 116 cm³/mol. The molecular formula is C22H29NO4S2. The van der Waals surface area contributed by atoms with Gasteiger partial charge >= 0.3 is 0 Å². The highest BCUT2D eigenvalue weighted by Crippen LogP contribution is 2.41. The number of hydrogen-bond donors (Lipinski definition) is 1. The largest absolute Gasteiger partial charge is 0.297 e. The van der Waals surface area contributed by atoms with Gasteiger partial charge in [-0.25, -0.2) is 8.93 Å². The van der Waals surface area contributed by atoms with E-state index in [2.05, 4.69) is 4.72 Å². The van der Waals surface area contributed by atoms with Crippen LogP contribution in [0.3, 0.4) is 0 Å². The number of benzene rings is 2. The van der Waals surface area contributed by atoms with Gasteiger partial charge in [0, 0.05) is 6.04 Å². The van der Waals surface area contributed by atoms with Crippen molar-refractivity contribution in [3.8, 4) is 0 Å². The van der Waals surface area contributed by atoms with Crippen molar-refractivity contribution in [1.29, 1.82) is 0 Å². The van der Waals surface area contributed by atoms with Crippen molar-refractivity contribution in [3.63, 3.8) is 0 Å². The summed E-state index contributed by atoms with van der Waals surface area (Å²) >= 11 is 0. The molecule has 1 aliphatic rings. The van der Waals surface area contributed by atoms with Crippen molar-refractivity contribution >= 4 is 21.1 Å². The van der Waals surface area contributed by atoms with Crippen LogP contribution in [0.15, 0.2) is 59.5 Å². The van der Waals surface area contributed by atoms with E-state index in [1.807, 2.05) is 58.0 Å². The number of hydrogen-bond acceptors (Lipinski definition) is 4. The molecule has 1 aliphatic carbocycles. The molecule has 158 valence electrons. The summed E-state index contributed by atoms with van der Waals surface area (Å²) in [5.41, 5.74) is 2.05. The van der Waals surface area contributed by atoms with Gasteiger partial charge in [-0.15, -0.1) is 0 Å². The second-order valence-electron chi connectivity index (χ2n) is 8.60. The average molecular weight is 436 g/mol. The lowest BCUT2D eigenvalue weighted by Gasteiger charge is -2.40. The molecule has 2 aromatic carbocycles. The first kappa shape index (κ1) is 22.2. The quantitative estimate of drug-likeness (QED) is 0.659. The van der Waals surface area contributed by atoms with Gasteiger partial charge in [0.1, 0.15) is 0 Å². The van der Waals surface area contributed by atoms with Gasteiger partial charge in [0.15, 0.2) is 0 Å². The molecule has 0 saturated heterocycles. The molecule has 2 aromatic rings. The monoisotopic (exact) mass is 435 g/mol. The molecule has 29 heavy (non-hydrogen) atoms. The van der Waals surface area contributed by atoms with Gasteiger partial charge in [0.05, 0.1) is 26.7 Å². The summed E-state index contributed by atoms with van der Waals surface area (Å²) in [6.07, 6.45) is 0.834. The molecule has 0 bridgehead atoms. The van der Waals surface area contributed by atoms with Crippen LogP contribution >= 0.6 is 0 Å². The molecule has 0 aliphatic heterocycles. The number of nitrogens with one attached hydrogen (secondary N) is 1. The van der Waals surface area contributed by atoms with Gasteiger partial charge in [0.25, 0.3) is 10.1 Å². The smallest absolute Gasteiger partial charge is 0.263 e. The molecule has 1 N–H and O–H groups in total. The van der Waals surface area contributed by atoms with E-state index < -0.39 is 21.1 Å². The Balaban J connectivity index is 1.68. The molecule has 1 unspecified atom stereocenters. The van der Waals surface area contributed by atoms with E-state index in [1.54, 1.807) is 24.3 Å². The van der Waals surface area contributed by atoms with Gasteiger partial charge in [-0.05, 0) is 64.2 Å². The molecule has 0 heterocycles. The third-order valence-electron chi connectivity index (χ3n) is 5.12. The second kappa shape index (κ2) is 8.68. The summed E-state index contributed by atoms with van der Waals surface area (Å²) in [5.74, 6) is 0.155. The Morgan fingerprint density at radius 1 is 1.03 bits per heavy atom. The molecule has 5 nitrogen and oxygen atoms in total. The number of aryl methyl sites for hydroxylation is 1. The molecule has 0 amide bonds. The van der Waals surface area contributed by atoms with Gasteiger partial charge in [-0.3, -0.25) is 4.18 Å². The van der Waals surface area contributed by atoms with Crippen LogP contribution in [0.25, 0.3) is 0 Å². The van der Waals surface area contributed by atoms with E-state index in [0.29, 0.717) is 12.8 Å². The van der Waals surface area contributed by atoms with Gasteiger partial charge in [-0.2, -0.15) is 8.42 Å². The van der Waals surface area contributed by atoms with E-state index >= 15 is 0 Å². The van der Waals surface area contributed by atoms with Gasteiger partial charge in [-0.1, -0.05) is 48.0 Å². The molecule has 0 radical (unpaired) electrons. The van der Waals surface area contributed by atoms with Crippen LogP contribution < -0.4 is 4.72 Å². The fraction of sp³-hybridized carbons (Fsp3) is 0.455. The molecule has 0 spiro atoms. The SMILES string of the molecule is Cc1ccc(S(=O)(=O)OC2CC(C(N[S@@](=O)C(C)(C)C)c3ccccc3)C2)cc1. The Morgan fingerprint density at radius 2 is 1.62 bits per heavy atom. The first-order chi connectivity index (χ1) is 13.6. The van der Waals surface area contributed by atoms with Crippen LogP contribution in [-0.4, -0.2) is 23.5 Å². The molecular weight excluding hydrogens is 406 g/mol. The standard InChI is InChI=1S/C22H29NO4S2/c1-16-10-12-20(13-11-16)29(25,26)27-19-14-18(15-19)21(17-8-6-5-7-9-17)23-28(24)22(2,3)4/h5-13,18-19,21,23H,14-15H2,1-4H3/t18?,19?,21?,28-/m0/s1. The van der Waals surface area contributed by atoms with Crippen LogP contribution in [0.4, 0.5) is 0 Å². The lowest BCUT2D eigenvalue weighted by Crippen LogP contribution is -2.44. The zero-order valence-electron chi connectivity index (χ0n) is 17.3. The van der Waals surface area contributed by atoms with Crippen LogP contribution in [-0.2, 0) is 25.3 Å². The summed E-state index contributed by atoms with van der Waals surface area (Å²) in [4.78, 5) is 0.179. The van der Waals surface area contributed by atoms with Crippen molar-refractivity contribution in [2.45, 2.75) is 62.3 Å². The molecule has 3 rings (SSSR count). The Hall–Kier alpha value is -1.54. The summed E-state index contributed by atoms with van der Waals surface area (Å²) in [5, 5.41) is 0. The maximum absolute atomic E-state index is 12.7. The minimum absolute atomic E-state index is 0.113. The van der Waals surface area contributed by atoms with Crippen molar-refractivity contribution < 1.29 is 16.8 Å². The van der Waals surface area contributed by atoms with Crippen LogP contribution in [0.1, 0.15) is 50.8 Å². The van der Waals surface area contributed by atoms with E-state index in [-0.39, 0.29) is 27.7 Å². The average Bonchev–Trinajstić information content (AvgIpc) is 2.63. The summed E-state index contributed by atoms with van der Waals surface area (Å²) in [6.45, 7) is 7.70. The zero-order chi connectivity index (χ0) is 21.2. The van der Waals surface area contributed by atoms with E-state index in [4.69, 9.17) is 4.18 Å². The summed E-state index contributed by atoms with van der Waals surface area (Å²) < 4.78 is 46.1. The van der Waals surface area contributed by atoms with Gasteiger partial charge in [0.2, 0.25) is 0 Å². The first-order valence-corrected chi connectivity index (χ1v) is 12.3. The minimum atomic E-state index is -3.78. The Morgan fingerprint density at radius 3 is 2.17 bits per heavy atom. The van der Waals surface area contributed by atoms with E-state index in [9.17, 15) is 12.6 Å². The third kappa shape index (κ3) is 5.54. The Labute approximate surface area is 176 Å². The van der Waals surface area contributed by atoms with Crippen LogP contribution in [0, 0.1) is 12.8 Å². The Kier molecular flexibility index (Phi) is 6.63. The van der Waals surface area contributed by atoms with E-state index in [1.165, 1.54) is 0 Å². The van der Waals surface area contributed by atoms with Crippen molar-refractivity contribution in [3.05, 3.63) is 65.7 Å². The fourth-order valence-corrected chi connectivity index (χ4v) is 5.29. The maximum atomic E-state index is 12.7. The minimum Gasteiger partial charge on any atom is -0.263 e. The van der Waals surface area contributed by atoms with Crippen molar-refractivity contribution in [1.82, 2.24) is 4.72 Å². The lowest BCUT2D eigenvalue weighted by atomic mass is 9.75. The third-order valence-corrected chi connectivity index (χ3v) is 8.08. The zero-order valence-corrected chi connectivity index (χ0v) is 18.9. The van der Waals surface area contributed by atoms with Crippen LogP contribution in [0.2, 0.25) is 0 Å². The lowest BCUT2D eigenvalue weighted by molar-refractivity contribution is 0.0539. The first-order valence-electron chi connectivity index (χ1n) is 9.79. The number of rotatable bonds is 7. The maximum Gasteiger partial charge on any atom is 0.297 e. The van der Waals surface area contributed by atoms with Crippen molar-refractivity contribution in [2.24, 2.45) is 5.92 Å². The molecule has 1 saturated carbocycles. The second-order valence-corrected chi connectivity index (χ2v) is 12.2. The highest BCUT2D eigenvalue weighted by Gasteiger charge is 2.40. The highest BCUT2D eigenvalue weighted by atomic mass is 32.2. The predicted octanol–water partition coefficient (Wildman–Crippen LogP) is 4.27. The van der Waals surface area contributed by atoms with Crippen LogP contribution in [0.5, 0.6) is 0 Å². The fourth-order valence-electron chi connectivity index (χ4n) is 3.29. The molecule has 1 fully saturated rings. The molecule has 2 atom stereocenters. The summed E-state index contributed by atoms with van der Waals surface area (Å²) in [6, 6.07) is 16.4. The van der Waals surface area contributed by atoms with Gasteiger partial charge < -0.3 is 0 Å². The normalized spacial score (nSPS) is 21.9. The van der Waals surface area contributed by atoms with E-state index in [0.717, 1.165) is 11.1 Å². The Bertz CT molecular complexity index is 945.